The molecule has 1 aliphatic rings. The fraction of sp³-hybridized carbons (Fsp3) is 0.647. The Morgan fingerprint density at radius 2 is 1.89 bits per heavy atom. The van der Waals surface area contributed by atoms with Gasteiger partial charge in [0.2, 0.25) is 0 Å². The van der Waals surface area contributed by atoms with Gasteiger partial charge in [0.05, 0.1) is 0 Å². The molecule has 1 saturated carbocycles. The van der Waals surface area contributed by atoms with Crippen LogP contribution in [0.1, 0.15) is 38.7 Å². The molecule has 1 aliphatic carbocycles. The van der Waals surface area contributed by atoms with Crippen LogP contribution in [0.3, 0.4) is 0 Å². The highest BCUT2D eigenvalue weighted by Crippen LogP contribution is 2.27. The molecule has 19 heavy (non-hydrogen) atoms. The quantitative estimate of drug-likeness (QED) is 0.806. The summed E-state index contributed by atoms with van der Waals surface area (Å²) in [6.45, 7) is 9.07. The second kappa shape index (κ2) is 5.96. The Kier molecular flexibility index (Phi) is 4.51. The predicted molar refractivity (Wildman–Crippen MR) is 83.9 cm³/mol. The molecule has 0 amide bonds. The third kappa shape index (κ3) is 4.24. The molecule has 2 heteroatoms. The third-order valence-electron chi connectivity index (χ3n) is 4.34. The molecule has 0 aliphatic heterocycles. The maximum absolute atomic E-state index is 3.69. The first-order valence-electron chi connectivity index (χ1n) is 7.53. The normalized spacial score (nSPS) is 18.1. The van der Waals surface area contributed by atoms with Crippen LogP contribution in [0.25, 0.3) is 0 Å². The van der Waals surface area contributed by atoms with Crippen LogP contribution in [0.15, 0.2) is 24.3 Å². The van der Waals surface area contributed by atoms with Gasteiger partial charge < -0.3 is 10.2 Å². The van der Waals surface area contributed by atoms with E-state index in [0.717, 1.165) is 19.1 Å². The van der Waals surface area contributed by atoms with Crippen LogP contribution >= 0.6 is 0 Å². The number of hydrogen-bond donors (Lipinski definition) is 1. The van der Waals surface area contributed by atoms with Crippen LogP contribution in [-0.2, 0) is 0 Å². The number of benzene rings is 1. The summed E-state index contributed by atoms with van der Waals surface area (Å²) in [4.78, 5) is 2.39. The number of rotatable bonds is 7. The Morgan fingerprint density at radius 1 is 1.26 bits per heavy atom. The lowest BCUT2D eigenvalue weighted by atomic mass is 9.86. The van der Waals surface area contributed by atoms with E-state index in [9.17, 15) is 0 Å². The fourth-order valence-electron chi connectivity index (χ4n) is 2.43. The molecule has 1 aromatic carbocycles. The third-order valence-corrected chi connectivity index (χ3v) is 4.34. The van der Waals surface area contributed by atoms with Crippen molar-refractivity contribution in [1.82, 2.24) is 5.32 Å². The standard InChI is InChI=1S/C17H28N2/c1-5-17(3,12-18-15-8-9-15)13-19(4)16-10-6-14(2)7-11-16/h6-7,10-11,15,18H,5,8-9,12-13H2,1-4H3. The van der Waals surface area contributed by atoms with E-state index in [1.165, 1.54) is 30.5 Å². The fourth-order valence-corrected chi connectivity index (χ4v) is 2.43. The van der Waals surface area contributed by atoms with Gasteiger partial charge in [0.1, 0.15) is 0 Å². The van der Waals surface area contributed by atoms with Crippen molar-refractivity contribution in [2.24, 2.45) is 5.41 Å². The molecule has 0 heterocycles. The second-order valence-corrected chi connectivity index (χ2v) is 6.51. The Labute approximate surface area is 118 Å². The van der Waals surface area contributed by atoms with Crippen LogP contribution in [0.4, 0.5) is 5.69 Å². The Hall–Kier alpha value is -1.02. The minimum Gasteiger partial charge on any atom is -0.374 e. The van der Waals surface area contributed by atoms with Gasteiger partial charge in [-0.15, -0.1) is 0 Å². The summed E-state index contributed by atoms with van der Waals surface area (Å²) >= 11 is 0. The zero-order chi connectivity index (χ0) is 13.9. The molecule has 1 aromatic rings. The number of hydrogen-bond acceptors (Lipinski definition) is 2. The van der Waals surface area contributed by atoms with E-state index < -0.39 is 0 Å². The summed E-state index contributed by atoms with van der Waals surface area (Å²) in [7, 11) is 2.20. The lowest BCUT2D eigenvalue weighted by molar-refractivity contribution is 0.298. The monoisotopic (exact) mass is 260 g/mol. The largest absolute Gasteiger partial charge is 0.374 e. The minimum absolute atomic E-state index is 0.349. The van der Waals surface area contributed by atoms with Crippen molar-refractivity contribution in [2.45, 2.75) is 46.1 Å². The summed E-state index contributed by atoms with van der Waals surface area (Å²) in [6, 6.07) is 9.63. The van der Waals surface area contributed by atoms with Crippen LogP contribution in [0, 0.1) is 12.3 Å². The molecule has 1 atom stereocenters. The zero-order valence-corrected chi connectivity index (χ0v) is 12.9. The van der Waals surface area contributed by atoms with Gasteiger partial charge in [0.25, 0.3) is 0 Å². The van der Waals surface area contributed by atoms with Crippen molar-refractivity contribution < 1.29 is 0 Å². The topological polar surface area (TPSA) is 15.3 Å². The highest BCUT2D eigenvalue weighted by atomic mass is 15.1. The average molecular weight is 260 g/mol. The van der Waals surface area contributed by atoms with Gasteiger partial charge in [-0.05, 0) is 43.7 Å². The Balaban J connectivity index is 1.93. The van der Waals surface area contributed by atoms with Crippen molar-refractivity contribution in [3.63, 3.8) is 0 Å². The summed E-state index contributed by atoms with van der Waals surface area (Å²) < 4.78 is 0. The van der Waals surface area contributed by atoms with Crippen molar-refractivity contribution in [3.05, 3.63) is 29.8 Å². The molecule has 1 unspecified atom stereocenters. The summed E-state index contributed by atoms with van der Waals surface area (Å²) in [5.41, 5.74) is 2.99. The lowest BCUT2D eigenvalue weighted by Gasteiger charge is -2.34. The van der Waals surface area contributed by atoms with Gasteiger partial charge in [0.15, 0.2) is 0 Å². The van der Waals surface area contributed by atoms with E-state index in [4.69, 9.17) is 0 Å². The first kappa shape index (κ1) is 14.4. The van der Waals surface area contributed by atoms with Gasteiger partial charge in [-0.25, -0.2) is 0 Å². The zero-order valence-electron chi connectivity index (χ0n) is 12.9. The molecular weight excluding hydrogens is 232 g/mol. The van der Waals surface area contributed by atoms with Crippen LogP contribution in [0.2, 0.25) is 0 Å². The molecule has 106 valence electrons. The molecule has 0 radical (unpaired) electrons. The van der Waals surface area contributed by atoms with Crippen molar-refractivity contribution in [2.75, 3.05) is 25.0 Å². The first-order valence-corrected chi connectivity index (χ1v) is 7.53. The Bertz CT molecular complexity index is 394. The molecule has 0 bridgehead atoms. The second-order valence-electron chi connectivity index (χ2n) is 6.51. The van der Waals surface area contributed by atoms with Crippen molar-refractivity contribution in [1.29, 1.82) is 0 Å². The number of anilines is 1. The summed E-state index contributed by atoms with van der Waals surface area (Å²) in [6.07, 6.45) is 3.95. The highest BCUT2D eigenvalue weighted by Gasteiger charge is 2.28. The molecular formula is C17H28N2. The predicted octanol–water partition coefficient (Wildman–Crippen LogP) is 3.60. The van der Waals surface area contributed by atoms with Crippen LogP contribution < -0.4 is 10.2 Å². The van der Waals surface area contributed by atoms with Gasteiger partial charge in [0, 0.05) is 31.9 Å². The van der Waals surface area contributed by atoms with Crippen LogP contribution in [-0.4, -0.2) is 26.2 Å². The SMILES string of the molecule is CCC(C)(CNC1CC1)CN(C)c1ccc(C)cc1. The van der Waals surface area contributed by atoms with Crippen LogP contribution in [0.5, 0.6) is 0 Å². The number of aryl methyl sites for hydroxylation is 1. The van der Waals surface area contributed by atoms with E-state index in [1.807, 2.05) is 0 Å². The highest BCUT2D eigenvalue weighted by molar-refractivity contribution is 5.46. The van der Waals surface area contributed by atoms with Gasteiger partial charge in [-0.3, -0.25) is 0 Å². The average Bonchev–Trinajstić information content (AvgIpc) is 3.21. The maximum atomic E-state index is 3.69. The van der Waals surface area contributed by atoms with Crippen molar-refractivity contribution >= 4 is 5.69 Å². The summed E-state index contributed by atoms with van der Waals surface area (Å²) in [5.74, 6) is 0. The van der Waals surface area contributed by atoms with Gasteiger partial charge >= 0.3 is 0 Å². The van der Waals surface area contributed by atoms with E-state index in [0.29, 0.717) is 5.41 Å². The van der Waals surface area contributed by atoms with Gasteiger partial charge in [-0.2, -0.15) is 0 Å². The van der Waals surface area contributed by atoms with Crippen molar-refractivity contribution in [3.8, 4) is 0 Å². The van der Waals surface area contributed by atoms with E-state index in [2.05, 4.69) is 62.3 Å². The van der Waals surface area contributed by atoms with E-state index in [-0.39, 0.29) is 0 Å². The molecule has 2 rings (SSSR count). The molecule has 1 N–H and O–H groups in total. The molecule has 0 aromatic heterocycles. The maximum Gasteiger partial charge on any atom is 0.0363 e. The van der Waals surface area contributed by atoms with E-state index in [1.54, 1.807) is 0 Å². The molecule has 1 fully saturated rings. The first-order chi connectivity index (χ1) is 9.02. The van der Waals surface area contributed by atoms with E-state index >= 15 is 0 Å². The smallest absolute Gasteiger partial charge is 0.0363 e. The minimum atomic E-state index is 0.349. The molecule has 0 saturated heterocycles. The van der Waals surface area contributed by atoms with Gasteiger partial charge in [-0.1, -0.05) is 31.5 Å². The summed E-state index contributed by atoms with van der Waals surface area (Å²) in [5, 5.41) is 3.69. The molecule has 0 spiro atoms. The number of nitrogens with one attached hydrogen (secondary N) is 1. The molecule has 2 nitrogen and oxygen atoms in total. The number of nitrogens with zero attached hydrogens (tertiary/aromatic N) is 1. The Morgan fingerprint density at radius 3 is 2.42 bits per heavy atom. The lowest BCUT2D eigenvalue weighted by Crippen LogP contribution is -2.41.